The Bertz CT molecular complexity index is 875. The van der Waals surface area contributed by atoms with E-state index in [0.29, 0.717) is 36.4 Å². The number of nitrogens with zero attached hydrogens (tertiary/aromatic N) is 1. The van der Waals surface area contributed by atoms with Crippen LogP contribution in [0.2, 0.25) is 5.02 Å². The van der Waals surface area contributed by atoms with Crippen molar-refractivity contribution in [3.8, 4) is 0 Å². The zero-order valence-electron chi connectivity index (χ0n) is 15.7. The van der Waals surface area contributed by atoms with E-state index in [-0.39, 0.29) is 18.7 Å². The Morgan fingerprint density at radius 3 is 2.03 bits per heavy atom. The van der Waals surface area contributed by atoms with E-state index in [2.05, 4.69) is 0 Å². The average molecular weight is 450 g/mol. The van der Waals surface area contributed by atoms with Crippen molar-refractivity contribution < 1.29 is 31.1 Å². The number of piperidine rings is 1. The molecule has 0 radical (unpaired) electrons. The van der Waals surface area contributed by atoms with Crippen LogP contribution in [0.3, 0.4) is 0 Å². The SMILES string of the molecule is O=C(c1cc(C(F)(F)F)cc(C(F)(F)F)c1)N1CCCC[C@@H]1Cc1ccc(Cl)cc1. The van der Waals surface area contributed by atoms with Gasteiger partial charge in [0, 0.05) is 23.2 Å². The van der Waals surface area contributed by atoms with Gasteiger partial charge in [0.2, 0.25) is 0 Å². The maximum atomic E-state index is 13.1. The van der Waals surface area contributed by atoms with Crippen LogP contribution in [0.25, 0.3) is 0 Å². The monoisotopic (exact) mass is 449 g/mol. The highest BCUT2D eigenvalue weighted by Gasteiger charge is 2.38. The van der Waals surface area contributed by atoms with Crippen molar-refractivity contribution in [2.24, 2.45) is 0 Å². The lowest BCUT2D eigenvalue weighted by atomic mass is 9.94. The summed E-state index contributed by atoms with van der Waals surface area (Å²) in [5, 5.41) is 0.541. The van der Waals surface area contributed by atoms with E-state index in [1.807, 2.05) is 0 Å². The summed E-state index contributed by atoms with van der Waals surface area (Å²) in [5.74, 6) is -0.828. The fourth-order valence-corrected chi connectivity index (χ4v) is 3.74. The van der Waals surface area contributed by atoms with Crippen LogP contribution >= 0.6 is 11.6 Å². The van der Waals surface area contributed by atoms with Crippen LogP contribution in [0.1, 0.15) is 46.3 Å². The summed E-state index contributed by atoms with van der Waals surface area (Å²) < 4.78 is 78.8. The van der Waals surface area contributed by atoms with Crippen LogP contribution in [0.5, 0.6) is 0 Å². The van der Waals surface area contributed by atoms with E-state index >= 15 is 0 Å². The van der Waals surface area contributed by atoms with Gasteiger partial charge >= 0.3 is 12.4 Å². The minimum Gasteiger partial charge on any atom is -0.335 e. The molecule has 3 rings (SSSR count). The van der Waals surface area contributed by atoms with Gasteiger partial charge in [-0.1, -0.05) is 23.7 Å². The minimum atomic E-state index is -5.00. The zero-order chi connectivity index (χ0) is 22.1. The average Bonchev–Trinajstić information content (AvgIpc) is 2.68. The van der Waals surface area contributed by atoms with Crippen molar-refractivity contribution in [1.29, 1.82) is 0 Å². The third kappa shape index (κ3) is 5.28. The van der Waals surface area contributed by atoms with E-state index in [1.165, 1.54) is 4.90 Å². The fraction of sp³-hybridized carbons (Fsp3) is 0.381. The number of alkyl halides is 6. The molecule has 9 heteroatoms. The highest BCUT2D eigenvalue weighted by atomic mass is 35.5. The van der Waals surface area contributed by atoms with E-state index in [1.54, 1.807) is 24.3 Å². The molecule has 0 aromatic heterocycles. The van der Waals surface area contributed by atoms with Crippen molar-refractivity contribution in [2.45, 2.75) is 44.1 Å². The van der Waals surface area contributed by atoms with E-state index in [4.69, 9.17) is 11.6 Å². The quantitative estimate of drug-likeness (QED) is 0.482. The second kappa shape index (κ2) is 8.49. The standard InChI is InChI=1S/C21H18ClF6NO/c22-17-6-4-13(5-7-17)9-18-3-1-2-8-29(18)19(30)14-10-15(20(23,24)25)12-16(11-14)21(26,27)28/h4-7,10-12,18H,1-3,8-9H2/t18-/m1/s1. The molecule has 162 valence electrons. The normalized spacial score (nSPS) is 17.8. The molecule has 2 aromatic carbocycles. The molecule has 1 saturated heterocycles. The van der Waals surface area contributed by atoms with E-state index in [9.17, 15) is 31.1 Å². The molecule has 1 fully saturated rings. The van der Waals surface area contributed by atoms with Crippen LogP contribution < -0.4 is 0 Å². The highest BCUT2D eigenvalue weighted by Crippen LogP contribution is 2.37. The van der Waals surface area contributed by atoms with Gasteiger partial charge in [-0.3, -0.25) is 4.79 Å². The maximum Gasteiger partial charge on any atom is 0.416 e. The molecule has 30 heavy (non-hydrogen) atoms. The lowest BCUT2D eigenvalue weighted by molar-refractivity contribution is -0.143. The molecule has 1 amide bonds. The smallest absolute Gasteiger partial charge is 0.335 e. The lowest BCUT2D eigenvalue weighted by Crippen LogP contribution is -2.45. The number of carbonyl (C=O) groups is 1. The number of amides is 1. The second-order valence-electron chi connectivity index (χ2n) is 7.27. The molecule has 0 saturated carbocycles. The Morgan fingerprint density at radius 1 is 0.933 bits per heavy atom. The van der Waals surface area contributed by atoms with E-state index < -0.39 is 35.0 Å². The number of likely N-dealkylation sites (tertiary alicyclic amines) is 1. The summed E-state index contributed by atoms with van der Waals surface area (Å²) in [4.78, 5) is 14.4. The molecular formula is C21H18ClF6NO. The summed E-state index contributed by atoms with van der Waals surface area (Å²) >= 11 is 5.87. The van der Waals surface area contributed by atoms with Crippen LogP contribution in [0.4, 0.5) is 26.3 Å². The molecule has 2 aromatic rings. The molecule has 0 bridgehead atoms. The maximum absolute atomic E-state index is 13.1. The Balaban J connectivity index is 1.93. The van der Waals surface area contributed by atoms with Crippen molar-refractivity contribution in [1.82, 2.24) is 4.90 Å². The van der Waals surface area contributed by atoms with E-state index in [0.717, 1.165) is 12.0 Å². The van der Waals surface area contributed by atoms with Gasteiger partial charge < -0.3 is 4.90 Å². The van der Waals surface area contributed by atoms with Gasteiger partial charge in [0.1, 0.15) is 0 Å². The molecule has 2 nitrogen and oxygen atoms in total. The second-order valence-corrected chi connectivity index (χ2v) is 7.71. The summed E-state index contributed by atoms with van der Waals surface area (Å²) in [6, 6.07) is 7.63. The topological polar surface area (TPSA) is 20.3 Å². The summed E-state index contributed by atoms with van der Waals surface area (Å²) in [7, 11) is 0. The third-order valence-electron chi connectivity index (χ3n) is 5.11. The number of carbonyl (C=O) groups excluding carboxylic acids is 1. The minimum absolute atomic E-state index is 0.0260. The molecule has 0 N–H and O–H groups in total. The number of hydrogen-bond donors (Lipinski definition) is 0. The van der Waals surface area contributed by atoms with Gasteiger partial charge in [0.25, 0.3) is 5.91 Å². The largest absolute Gasteiger partial charge is 0.416 e. The fourth-order valence-electron chi connectivity index (χ4n) is 3.62. The lowest BCUT2D eigenvalue weighted by Gasteiger charge is -2.36. The number of benzene rings is 2. The van der Waals surface area contributed by atoms with Crippen LogP contribution in [0, 0.1) is 0 Å². The van der Waals surface area contributed by atoms with Crippen LogP contribution in [0.15, 0.2) is 42.5 Å². The number of halogens is 7. The molecule has 0 spiro atoms. The summed E-state index contributed by atoms with van der Waals surface area (Å²) in [6.07, 6.45) is -7.50. The van der Waals surface area contributed by atoms with Crippen molar-refractivity contribution >= 4 is 17.5 Å². The van der Waals surface area contributed by atoms with Gasteiger partial charge in [-0.05, 0) is 61.6 Å². The Labute approximate surface area is 174 Å². The van der Waals surface area contributed by atoms with Crippen molar-refractivity contribution in [3.05, 3.63) is 69.7 Å². The van der Waals surface area contributed by atoms with Gasteiger partial charge in [-0.25, -0.2) is 0 Å². The third-order valence-corrected chi connectivity index (χ3v) is 5.36. The first-order valence-electron chi connectivity index (χ1n) is 9.30. The number of rotatable bonds is 3. The predicted molar refractivity (Wildman–Crippen MR) is 100 cm³/mol. The highest BCUT2D eigenvalue weighted by molar-refractivity contribution is 6.30. The van der Waals surface area contributed by atoms with Gasteiger partial charge in [0.05, 0.1) is 11.1 Å². The molecule has 1 aliphatic rings. The van der Waals surface area contributed by atoms with Crippen molar-refractivity contribution in [2.75, 3.05) is 6.54 Å². The van der Waals surface area contributed by atoms with Crippen LogP contribution in [-0.4, -0.2) is 23.4 Å². The Morgan fingerprint density at radius 2 is 1.50 bits per heavy atom. The molecule has 1 aliphatic heterocycles. The Kier molecular flexibility index (Phi) is 6.36. The zero-order valence-corrected chi connectivity index (χ0v) is 16.4. The summed E-state index contributed by atoms with van der Waals surface area (Å²) in [5.41, 5.74) is -2.72. The molecule has 1 atom stereocenters. The molecule has 0 unspecified atom stereocenters. The van der Waals surface area contributed by atoms with Crippen molar-refractivity contribution in [3.63, 3.8) is 0 Å². The van der Waals surface area contributed by atoms with Crippen LogP contribution in [-0.2, 0) is 18.8 Å². The van der Waals surface area contributed by atoms with Gasteiger partial charge in [-0.2, -0.15) is 26.3 Å². The first-order valence-corrected chi connectivity index (χ1v) is 9.68. The first kappa shape index (κ1) is 22.5. The first-order chi connectivity index (χ1) is 13.9. The van der Waals surface area contributed by atoms with Gasteiger partial charge in [-0.15, -0.1) is 0 Å². The molecule has 0 aliphatic carbocycles. The predicted octanol–water partition coefficient (Wildman–Crippen LogP) is 6.62. The Hall–Kier alpha value is -2.22. The van der Waals surface area contributed by atoms with Gasteiger partial charge in [0.15, 0.2) is 0 Å². The molecule has 1 heterocycles. The summed E-state index contributed by atoms with van der Waals surface area (Å²) in [6.45, 7) is 0.273. The molecular weight excluding hydrogens is 432 g/mol. The number of hydrogen-bond acceptors (Lipinski definition) is 1.